The molecule has 0 aliphatic carbocycles. The summed E-state index contributed by atoms with van der Waals surface area (Å²) in [5.41, 5.74) is 3.36. The SMILES string of the molecule is Cc1cc(C(=O)Nc2cccc(Cl)c2C)nc(NCCc2ccc(F)cc2)n1. The first-order valence-corrected chi connectivity index (χ1v) is 9.20. The highest BCUT2D eigenvalue weighted by atomic mass is 35.5. The molecule has 1 aromatic heterocycles. The van der Waals surface area contributed by atoms with Crippen molar-refractivity contribution in [1.29, 1.82) is 0 Å². The molecule has 7 heteroatoms. The van der Waals surface area contributed by atoms with Gasteiger partial charge in [-0.15, -0.1) is 0 Å². The van der Waals surface area contributed by atoms with Crippen molar-refractivity contribution in [1.82, 2.24) is 9.97 Å². The molecule has 2 N–H and O–H groups in total. The van der Waals surface area contributed by atoms with Crippen molar-refractivity contribution in [2.45, 2.75) is 20.3 Å². The van der Waals surface area contributed by atoms with Gasteiger partial charge in [0, 0.05) is 22.9 Å². The van der Waals surface area contributed by atoms with Gasteiger partial charge in [0.1, 0.15) is 11.5 Å². The summed E-state index contributed by atoms with van der Waals surface area (Å²) in [6.45, 7) is 4.20. The van der Waals surface area contributed by atoms with Crippen molar-refractivity contribution >= 4 is 29.1 Å². The number of carbonyl (C=O) groups is 1. The van der Waals surface area contributed by atoms with E-state index in [1.807, 2.05) is 6.92 Å². The zero-order chi connectivity index (χ0) is 20.1. The number of aromatic nitrogens is 2. The molecule has 0 spiro atoms. The van der Waals surface area contributed by atoms with Gasteiger partial charge < -0.3 is 10.6 Å². The van der Waals surface area contributed by atoms with Crippen LogP contribution in [0.1, 0.15) is 27.3 Å². The third kappa shape index (κ3) is 5.04. The van der Waals surface area contributed by atoms with Crippen LogP contribution in [0.5, 0.6) is 0 Å². The Kier molecular flexibility index (Phi) is 6.21. The largest absolute Gasteiger partial charge is 0.354 e. The maximum atomic E-state index is 13.0. The smallest absolute Gasteiger partial charge is 0.274 e. The summed E-state index contributed by atoms with van der Waals surface area (Å²) in [5.74, 6) is -0.225. The van der Waals surface area contributed by atoms with Crippen LogP contribution in [0.2, 0.25) is 5.02 Å². The highest BCUT2D eigenvalue weighted by Gasteiger charge is 2.13. The van der Waals surface area contributed by atoms with Crippen LogP contribution in [0.25, 0.3) is 0 Å². The summed E-state index contributed by atoms with van der Waals surface area (Å²) in [7, 11) is 0. The molecule has 0 bridgehead atoms. The van der Waals surface area contributed by atoms with Gasteiger partial charge in [-0.3, -0.25) is 4.79 Å². The van der Waals surface area contributed by atoms with E-state index in [2.05, 4.69) is 20.6 Å². The highest BCUT2D eigenvalue weighted by Crippen LogP contribution is 2.23. The van der Waals surface area contributed by atoms with Crippen LogP contribution in [-0.2, 0) is 6.42 Å². The van der Waals surface area contributed by atoms with E-state index in [9.17, 15) is 9.18 Å². The second-order valence-electron chi connectivity index (χ2n) is 6.39. The lowest BCUT2D eigenvalue weighted by atomic mass is 10.1. The molecule has 0 aliphatic heterocycles. The maximum Gasteiger partial charge on any atom is 0.274 e. The van der Waals surface area contributed by atoms with Gasteiger partial charge in [0.05, 0.1) is 0 Å². The van der Waals surface area contributed by atoms with E-state index in [1.54, 1.807) is 43.3 Å². The number of anilines is 2. The molecule has 5 nitrogen and oxygen atoms in total. The Hall–Kier alpha value is -2.99. The van der Waals surface area contributed by atoms with Gasteiger partial charge in [0.2, 0.25) is 5.95 Å². The number of amides is 1. The Morgan fingerprint density at radius 1 is 1.11 bits per heavy atom. The summed E-state index contributed by atoms with van der Waals surface area (Å²) in [5, 5.41) is 6.53. The number of hydrogen-bond acceptors (Lipinski definition) is 4. The molecular weight excluding hydrogens is 379 g/mol. The number of nitrogens with zero attached hydrogens (tertiary/aromatic N) is 2. The molecule has 144 valence electrons. The fraction of sp³-hybridized carbons (Fsp3) is 0.190. The van der Waals surface area contributed by atoms with Crippen molar-refractivity contribution in [3.8, 4) is 0 Å². The van der Waals surface area contributed by atoms with Crippen molar-refractivity contribution in [3.05, 3.63) is 81.9 Å². The minimum Gasteiger partial charge on any atom is -0.354 e. The Morgan fingerprint density at radius 2 is 1.86 bits per heavy atom. The van der Waals surface area contributed by atoms with Crippen molar-refractivity contribution in [2.75, 3.05) is 17.2 Å². The Bertz CT molecular complexity index is 992. The summed E-state index contributed by atoms with van der Waals surface area (Å²) >= 11 is 6.10. The Labute approximate surface area is 168 Å². The minimum absolute atomic E-state index is 0.260. The van der Waals surface area contributed by atoms with E-state index in [0.29, 0.717) is 35.3 Å². The molecule has 1 amide bonds. The van der Waals surface area contributed by atoms with Gasteiger partial charge in [0.25, 0.3) is 5.91 Å². The summed E-state index contributed by atoms with van der Waals surface area (Å²) in [6.07, 6.45) is 0.681. The second kappa shape index (κ2) is 8.80. The molecule has 0 saturated carbocycles. The molecule has 3 aromatic rings. The minimum atomic E-state index is -0.336. The predicted molar refractivity (Wildman–Crippen MR) is 110 cm³/mol. The van der Waals surface area contributed by atoms with Crippen LogP contribution in [0.3, 0.4) is 0 Å². The predicted octanol–water partition coefficient (Wildman–Crippen LogP) is 4.79. The maximum absolute atomic E-state index is 13.0. The van der Waals surface area contributed by atoms with Crippen molar-refractivity contribution in [2.24, 2.45) is 0 Å². The fourth-order valence-corrected chi connectivity index (χ4v) is 2.84. The number of benzene rings is 2. The van der Waals surface area contributed by atoms with Crippen molar-refractivity contribution in [3.63, 3.8) is 0 Å². The van der Waals surface area contributed by atoms with Gasteiger partial charge in [-0.1, -0.05) is 29.8 Å². The molecule has 0 aliphatic rings. The average molecular weight is 399 g/mol. The van der Waals surface area contributed by atoms with Crippen LogP contribution >= 0.6 is 11.6 Å². The lowest BCUT2D eigenvalue weighted by Crippen LogP contribution is -2.17. The van der Waals surface area contributed by atoms with Gasteiger partial charge >= 0.3 is 0 Å². The molecule has 1 heterocycles. The number of rotatable bonds is 6. The van der Waals surface area contributed by atoms with Gasteiger partial charge in [-0.25, -0.2) is 14.4 Å². The van der Waals surface area contributed by atoms with Gasteiger partial charge in [-0.2, -0.15) is 0 Å². The fourth-order valence-electron chi connectivity index (χ4n) is 2.66. The number of carbonyl (C=O) groups excluding carboxylic acids is 1. The van der Waals surface area contributed by atoms with E-state index in [1.165, 1.54) is 12.1 Å². The first-order chi connectivity index (χ1) is 13.4. The van der Waals surface area contributed by atoms with Crippen LogP contribution in [-0.4, -0.2) is 22.4 Å². The average Bonchev–Trinajstić information content (AvgIpc) is 2.66. The molecule has 3 rings (SSSR count). The van der Waals surface area contributed by atoms with E-state index in [4.69, 9.17) is 11.6 Å². The number of nitrogens with one attached hydrogen (secondary N) is 2. The van der Waals surface area contributed by atoms with Gasteiger partial charge in [0.15, 0.2) is 0 Å². The van der Waals surface area contributed by atoms with E-state index < -0.39 is 0 Å². The van der Waals surface area contributed by atoms with Crippen LogP contribution in [0.4, 0.5) is 16.0 Å². The van der Waals surface area contributed by atoms with Crippen LogP contribution in [0, 0.1) is 19.7 Å². The first-order valence-electron chi connectivity index (χ1n) is 8.83. The number of halogens is 2. The van der Waals surface area contributed by atoms with Gasteiger partial charge in [-0.05, 0) is 61.7 Å². The summed E-state index contributed by atoms with van der Waals surface area (Å²) < 4.78 is 13.0. The Balaban J connectivity index is 1.67. The zero-order valence-electron chi connectivity index (χ0n) is 15.6. The quantitative estimate of drug-likeness (QED) is 0.626. The summed E-state index contributed by atoms with van der Waals surface area (Å²) in [4.78, 5) is 21.2. The van der Waals surface area contributed by atoms with Crippen LogP contribution < -0.4 is 10.6 Å². The van der Waals surface area contributed by atoms with E-state index in [0.717, 1.165) is 11.1 Å². The van der Waals surface area contributed by atoms with Crippen molar-refractivity contribution < 1.29 is 9.18 Å². The highest BCUT2D eigenvalue weighted by molar-refractivity contribution is 6.31. The van der Waals surface area contributed by atoms with E-state index in [-0.39, 0.29) is 17.4 Å². The molecule has 0 unspecified atom stereocenters. The third-order valence-electron chi connectivity index (χ3n) is 4.21. The lowest BCUT2D eigenvalue weighted by Gasteiger charge is -2.11. The number of aryl methyl sites for hydroxylation is 1. The topological polar surface area (TPSA) is 66.9 Å². The standard InChI is InChI=1S/C21H20ClFN4O/c1-13-12-19(20(28)26-18-5-3-4-17(22)14(18)2)27-21(25-13)24-11-10-15-6-8-16(23)9-7-15/h3-9,12H,10-11H2,1-2H3,(H,26,28)(H,24,25,27). The molecule has 0 atom stereocenters. The molecule has 0 fully saturated rings. The lowest BCUT2D eigenvalue weighted by molar-refractivity contribution is 0.102. The molecule has 0 radical (unpaired) electrons. The second-order valence-corrected chi connectivity index (χ2v) is 6.80. The Morgan fingerprint density at radius 3 is 2.61 bits per heavy atom. The molecule has 0 saturated heterocycles. The first kappa shape index (κ1) is 19.8. The number of hydrogen-bond donors (Lipinski definition) is 2. The monoisotopic (exact) mass is 398 g/mol. The van der Waals surface area contributed by atoms with Crippen LogP contribution in [0.15, 0.2) is 48.5 Å². The van der Waals surface area contributed by atoms with E-state index >= 15 is 0 Å². The zero-order valence-corrected chi connectivity index (χ0v) is 16.3. The normalized spacial score (nSPS) is 10.6. The molecular formula is C21H20ClFN4O. The third-order valence-corrected chi connectivity index (χ3v) is 4.62. The molecule has 28 heavy (non-hydrogen) atoms. The molecule has 2 aromatic carbocycles. The summed E-state index contributed by atoms with van der Waals surface area (Å²) in [6, 6.07) is 13.3.